The molecule has 11 heteroatoms. The van der Waals surface area contributed by atoms with Crippen molar-refractivity contribution in [3.05, 3.63) is 70.2 Å². The van der Waals surface area contributed by atoms with E-state index in [1.807, 2.05) is 19.6 Å². The number of benzene rings is 3. The summed E-state index contributed by atoms with van der Waals surface area (Å²) in [6.45, 7) is 6.12. The number of rotatable bonds is 5. The van der Waals surface area contributed by atoms with Crippen molar-refractivity contribution in [1.29, 1.82) is 0 Å². The Balaban J connectivity index is 2.40. The molecule has 33 heavy (non-hydrogen) atoms. The zero-order valence-electron chi connectivity index (χ0n) is 18.1. The molecule has 0 aliphatic carbocycles. The van der Waals surface area contributed by atoms with Gasteiger partial charge in [0, 0.05) is 21.0 Å². The number of halogens is 2. The van der Waals surface area contributed by atoms with Gasteiger partial charge in [-0.25, -0.2) is 8.42 Å². The molecule has 0 radical (unpaired) electrons. The fourth-order valence-electron chi connectivity index (χ4n) is 3.12. The average Bonchev–Trinajstić information content (AvgIpc) is 2.68. The van der Waals surface area contributed by atoms with Crippen molar-refractivity contribution in [3.8, 4) is 11.5 Å². The van der Waals surface area contributed by atoms with E-state index >= 15 is 0 Å². The molecule has 0 aromatic heterocycles. The van der Waals surface area contributed by atoms with Gasteiger partial charge in [0.2, 0.25) is 0 Å². The van der Waals surface area contributed by atoms with Gasteiger partial charge in [0.05, 0.1) is 10.6 Å². The predicted molar refractivity (Wildman–Crippen MR) is 137 cm³/mol. The number of fused-ring (bicyclic) bond motifs is 1. The summed E-state index contributed by atoms with van der Waals surface area (Å²) in [6, 6.07) is 14.2. The molecule has 3 aromatic carbocycles. The zero-order chi connectivity index (χ0) is 24.6. The second-order valence-corrected chi connectivity index (χ2v) is 17.5. The van der Waals surface area contributed by atoms with Gasteiger partial charge in [-0.05, 0) is 29.7 Å². The van der Waals surface area contributed by atoms with Crippen molar-refractivity contribution >= 4 is 65.4 Å². The Kier molecular flexibility index (Phi) is 7.38. The SMILES string of the molecule is C[Si](C)(C)C#Cc1ccc2ccccc2c1N(CP(=O)(O)O)S(=O)(=O)c1cc(Cl)cc(Cl)c1. The molecule has 0 atom stereocenters. The molecule has 0 spiro atoms. The van der Waals surface area contributed by atoms with E-state index in [0.717, 1.165) is 0 Å². The summed E-state index contributed by atoms with van der Waals surface area (Å²) in [5.41, 5.74) is 3.65. The third-order valence-corrected chi connectivity index (χ3v) is 8.34. The second-order valence-electron chi connectivity index (χ2n) is 8.45. The van der Waals surface area contributed by atoms with E-state index in [-0.39, 0.29) is 20.6 Å². The van der Waals surface area contributed by atoms with E-state index in [9.17, 15) is 22.8 Å². The number of anilines is 1. The van der Waals surface area contributed by atoms with Crippen molar-refractivity contribution in [2.24, 2.45) is 0 Å². The van der Waals surface area contributed by atoms with Gasteiger partial charge in [-0.1, -0.05) is 79.1 Å². The van der Waals surface area contributed by atoms with Gasteiger partial charge in [0.25, 0.3) is 10.0 Å². The Labute approximate surface area is 204 Å². The minimum atomic E-state index is -4.84. The van der Waals surface area contributed by atoms with E-state index in [4.69, 9.17) is 23.2 Å². The monoisotopic (exact) mass is 541 g/mol. The summed E-state index contributed by atoms with van der Waals surface area (Å²) >= 11 is 12.1. The highest BCUT2D eigenvalue weighted by Gasteiger charge is 2.34. The number of hydrogen-bond acceptors (Lipinski definition) is 3. The van der Waals surface area contributed by atoms with Gasteiger partial charge in [0.15, 0.2) is 0 Å². The lowest BCUT2D eigenvalue weighted by Crippen LogP contribution is -2.33. The van der Waals surface area contributed by atoms with Gasteiger partial charge in [-0.3, -0.25) is 8.87 Å². The first kappa shape index (κ1) is 25.8. The largest absolute Gasteiger partial charge is 0.345 e. The minimum absolute atomic E-state index is 0.0777. The molecule has 0 saturated carbocycles. The predicted octanol–water partition coefficient (Wildman–Crippen LogP) is 5.71. The molecule has 0 saturated heterocycles. The van der Waals surface area contributed by atoms with Gasteiger partial charge >= 0.3 is 7.60 Å². The summed E-state index contributed by atoms with van der Waals surface area (Å²) in [7, 11) is -11.2. The Morgan fingerprint density at radius 3 is 2.18 bits per heavy atom. The smallest absolute Gasteiger partial charge is 0.323 e. The topological polar surface area (TPSA) is 94.9 Å². The number of nitrogens with zero attached hydrogens (tertiary/aromatic N) is 1. The minimum Gasteiger partial charge on any atom is -0.323 e. The zero-order valence-corrected chi connectivity index (χ0v) is 22.3. The lowest BCUT2D eigenvalue weighted by molar-refractivity contribution is 0.373. The maximum absolute atomic E-state index is 13.7. The van der Waals surface area contributed by atoms with Crippen molar-refractivity contribution in [1.82, 2.24) is 0 Å². The standard InChI is InChI=1S/C22H22Cl2NO5PSSi/c1-33(2,3)11-10-17-9-8-16-6-4-5-7-21(16)22(17)25(15-31(26,27)28)32(29,30)20-13-18(23)12-19(24)14-20/h4-9,12-14H,15H2,1-3H3,(H2,26,27,28). The fraction of sp³-hybridized carbons (Fsp3) is 0.182. The maximum atomic E-state index is 13.7. The second kappa shape index (κ2) is 9.44. The van der Waals surface area contributed by atoms with Crippen LogP contribution in [0, 0.1) is 11.5 Å². The van der Waals surface area contributed by atoms with Crippen LogP contribution in [-0.4, -0.2) is 32.6 Å². The van der Waals surface area contributed by atoms with Crippen LogP contribution in [0.1, 0.15) is 5.56 Å². The highest BCUT2D eigenvalue weighted by Crippen LogP contribution is 2.43. The summed E-state index contributed by atoms with van der Waals surface area (Å²) in [6.07, 6.45) is -1.07. The van der Waals surface area contributed by atoms with Crippen molar-refractivity contribution in [3.63, 3.8) is 0 Å². The number of sulfonamides is 1. The molecule has 0 fully saturated rings. The van der Waals surface area contributed by atoms with Crippen LogP contribution in [0.5, 0.6) is 0 Å². The summed E-state index contributed by atoms with van der Waals surface area (Å²) in [4.78, 5) is 19.3. The highest BCUT2D eigenvalue weighted by atomic mass is 35.5. The molecular weight excluding hydrogens is 520 g/mol. The van der Waals surface area contributed by atoms with Crippen molar-refractivity contribution < 1.29 is 22.8 Å². The molecule has 0 heterocycles. The molecule has 0 aliphatic heterocycles. The first-order valence-corrected chi connectivity index (χ1v) is 17.3. The van der Waals surface area contributed by atoms with Crippen molar-refractivity contribution in [2.75, 3.05) is 10.6 Å². The number of hydrogen-bond donors (Lipinski definition) is 2. The molecular formula is C22H22Cl2NO5PSSi. The van der Waals surface area contributed by atoms with Gasteiger partial charge in [0.1, 0.15) is 14.4 Å². The van der Waals surface area contributed by atoms with Crippen LogP contribution in [-0.2, 0) is 14.6 Å². The van der Waals surface area contributed by atoms with E-state index in [1.165, 1.54) is 18.2 Å². The molecule has 3 rings (SSSR count). The Morgan fingerprint density at radius 1 is 1.00 bits per heavy atom. The molecule has 6 nitrogen and oxygen atoms in total. The molecule has 2 N–H and O–H groups in total. The van der Waals surface area contributed by atoms with Crippen LogP contribution < -0.4 is 4.31 Å². The summed E-state index contributed by atoms with van der Waals surface area (Å²) in [5, 5.41) is 1.34. The van der Waals surface area contributed by atoms with Gasteiger partial charge in [-0.15, -0.1) is 5.54 Å². The van der Waals surface area contributed by atoms with Gasteiger partial charge in [-0.2, -0.15) is 0 Å². The summed E-state index contributed by atoms with van der Waals surface area (Å²) in [5.74, 6) is 3.06. The Hall–Kier alpha value is -1.82. The highest BCUT2D eigenvalue weighted by molar-refractivity contribution is 7.93. The van der Waals surface area contributed by atoms with E-state index in [0.29, 0.717) is 20.6 Å². The Bertz CT molecular complexity index is 1420. The Morgan fingerprint density at radius 2 is 1.61 bits per heavy atom. The molecule has 0 bridgehead atoms. The first-order valence-electron chi connectivity index (χ1n) is 9.76. The van der Waals surface area contributed by atoms with Crippen LogP contribution in [0.3, 0.4) is 0 Å². The lowest BCUT2D eigenvalue weighted by atomic mass is 10.0. The van der Waals surface area contributed by atoms with Crippen LogP contribution in [0.2, 0.25) is 29.7 Å². The van der Waals surface area contributed by atoms with Crippen LogP contribution in [0.15, 0.2) is 59.5 Å². The molecule has 0 amide bonds. The quantitative estimate of drug-likeness (QED) is 0.245. The third-order valence-electron chi connectivity index (χ3n) is 4.46. The van der Waals surface area contributed by atoms with Crippen LogP contribution in [0.4, 0.5) is 5.69 Å². The van der Waals surface area contributed by atoms with E-state index in [1.54, 1.807) is 36.4 Å². The maximum Gasteiger partial charge on any atom is 0.345 e. The molecule has 3 aromatic rings. The van der Waals surface area contributed by atoms with Crippen molar-refractivity contribution in [2.45, 2.75) is 24.5 Å². The summed E-state index contributed by atoms with van der Waals surface area (Å²) < 4.78 is 40.3. The molecule has 0 unspecified atom stereocenters. The lowest BCUT2D eigenvalue weighted by Gasteiger charge is -2.27. The first-order chi connectivity index (χ1) is 15.2. The third kappa shape index (κ3) is 6.40. The van der Waals surface area contributed by atoms with E-state index < -0.39 is 32.0 Å². The van der Waals surface area contributed by atoms with E-state index in [2.05, 4.69) is 11.5 Å². The van der Waals surface area contributed by atoms with Gasteiger partial charge < -0.3 is 9.79 Å². The molecule has 174 valence electrons. The molecule has 0 aliphatic rings. The normalized spacial score (nSPS) is 12.3. The average molecular weight is 542 g/mol. The van der Waals surface area contributed by atoms with Crippen LogP contribution >= 0.6 is 30.8 Å². The fourth-order valence-corrected chi connectivity index (χ4v) is 7.06. The van der Waals surface area contributed by atoms with Crippen LogP contribution in [0.25, 0.3) is 10.8 Å².